The van der Waals surface area contributed by atoms with Gasteiger partial charge in [-0.15, -0.1) is 10.2 Å². The summed E-state index contributed by atoms with van der Waals surface area (Å²) >= 11 is 6.80. The maximum atomic E-state index is 12.0. The van der Waals surface area contributed by atoms with Gasteiger partial charge >= 0.3 is 0 Å². The second-order valence-electron chi connectivity index (χ2n) is 5.22. The minimum atomic E-state index is -0.184. The number of nitrogens with zero attached hydrogens (tertiary/aromatic N) is 3. The van der Waals surface area contributed by atoms with Crippen LogP contribution >= 0.6 is 22.9 Å². The van der Waals surface area contributed by atoms with Crippen LogP contribution in [0.3, 0.4) is 0 Å². The van der Waals surface area contributed by atoms with Gasteiger partial charge in [0.1, 0.15) is 0 Å². The average molecular weight is 303 g/mol. The Morgan fingerprint density at radius 1 is 1.37 bits per heavy atom. The summed E-state index contributed by atoms with van der Waals surface area (Å²) in [4.78, 5) is 14.2. The first-order valence-electron chi connectivity index (χ1n) is 6.48. The fourth-order valence-electron chi connectivity index (χ4n) is 2.61. The number of amides is 1. The van der Waals surface area contributed by atoms with E-state index in [2.05, 4.69) is 34.5 Å². The van der Waals surface area contributed by atoms with E-state index in [-0.39, 0.29) is 11.4 Å². The zero-order valence-electron chi connectivity index (χ0n) is 11.3. The van der Waals surface area contributed by atoms with E-state index in [1.54, 1.807) is 0 Å². The van der Waals surface area contributed by atoms with Crippen LogP contribution in [0.1, 0.15) is 41.9 Å². The first-order valence-corrected chi connectivity index (χ1v) is 7.68. The third-order valence-corrected chi connectivity index (χ3v) is 4.92. The molecule has 5 nitrogen and oxygen atoms in total. The van der Waals surface area contributed by atoms with Crippen molar-refractivity contribution in [3.05, 3.63) is 9.47 Å². The first kappa shape index (κ1) is 14.7. The van der Waals surface area contributed by atoms with Crippen molar-refractivity contribution in [1.82, 2.24) is 20.4 Å². The number of carbonyl (C=O) groups excluding carboxylic acids is 1. The van der Waals surface area contributed by atoms with Crippen LogP contribution < -0.4 is 5.32 Å². The second-order valence-corrected chi connectivity index (χ2v) is 6.78. The summed E-state index contributed by atoms with van der Waals surface area (Å²) < 4.78 is 0.296. The molecule has 0 bridgehead atoms. The summed E-state index contributed by atoms with van der Waals surface area (Å²) in [6, 6.07) is 0. The molecule has 1 N–H and O–H groups in total. The van der Waals surface area contributed by atoms with Gasteiger partial charge in [0, 0.05) is 12.1 Å². The van der Waals surface area contributed by atoms with Crippen LogP contribution in [0.5, 0.6) is 0 Å². The van der Waals surface area contributed by atoms with Crippen LogP contribution in [-0.4, -0.2) is 47.2 Å². The Hall–Kier alpha value is -0.720. The molecule has 1 amide bonds. The Kier molecular flexibility index (Phi) is 4.76. The molecule has 2 rings (SSSR count). The van der Waals surface area contributed by atoms with Crippen molar-refractivity contribution in [2.24, 2.45) is 0 Å². The Morgan fingerprint density at radius 2 is 2.05 bits per heavy atom. The topological polar surface area (TPSA) is 58.1 Å². The zero-order chi connectivity index (χ0) is 13.9. The highest BCUT2D eigenvalue weighted by molar-refractivity contribution is 7.17. The Balaban J connectivity index is 1.97. The van der Waals surface area contributed by atoms with Crippen LogP contribution in [-0.2, 0) is 0 Å². The molecule has 0 unspecified atom stereocenters. The number of likely N-dealkylation sites (N-methyl/N-ethyl adjacent to an activating group) is 1. The third-order valence-electron chi connectivity index (χ3n) is 3.91. The van der Waals surface area contributed by atoms with Crippen LogP contribution in [0.4, 0.5) is 0 Å². The Bertz CT molecular complexity index is 443. The number of nitrogens with one attached hydrogen (secondary N) is 1. The van der Waals surface area contributed by atoms with Crippen LogP contribution in [0.25, 0.3) is 0 Å². The lowest BCUT2D eigenvalue weighted by molar-refractivity contribution is 0.0799. The fraction of sp³-hybridized carbons (Fsp3) is 0.750. The fourth-order valence-corrected chi connectivity index (χ4v) is 3.35. The van der Waals surface area contributed by atoms with E-state index in [0.717, 1.165) is 24.2 Å². The molecule has 0 spiro atoms. The largest absolute Gasteiger partial charge is 0.348 e. The van der Waals surface area contributed by atoms with Crippen LogP contribution in [0.2, 0.25) is 4.47 Å². The van der Waals surface area contributed by atoms with Gasteiger partial charge in [0.2, 0.25) is 9.47 Å². The standard InChI is InChI=1S/C12H19ClN4OS/c1-17(2)12(6-4-3-5-7-12)8-14-9(18)10-15-16-11(13)19-10/h3-8H2,1-2H3,(H,14,18). The molecular weight excluding hydrogens is 284 g/mol. The highest BCUT2D eigenvalue weighted by Gasteiger charge is 2.34. The smallest absolute Gasteiger partial charge is 0.282 e. The van der Waals surface area contributed by atoms with Crippen LogP contribution in [0.15, 0.2) is 0 Å². The molecule has 1 aliphatic rings. The SMILES string of the molecule is CN(C)C1(CNC(=O)c2nnc(Cl)s2)CCCCC1. The highest BCUT2D eigenvalue weighted by atomic mass is 35.5. The summed E-state index contributed by atoms with van der Waals surface area (Å²) in [6.07, 6.45) is 5.97. The average Bonchev–Trinajstić information content (AvgIpc) is 2.83. The quantitative estimate of drug-likeness (QED) is 0.926. The van der Waals surface area contributed by atoms with Crippen LogP contribution in [0, 0.1) is 0 Å². The Morgan fingerprint density at radius 3 is 2.58 bits per heavy atom. The van der Waals surface area contributed by atoms with E-state index < -0.39 is 0 Å². The first-order chi connectivity index (χ1) is 9.03. The predicted octanol–water partition coefficient (Wildman–Crippen LogP) is 2.19. The van der Waals surface area contributed by atoms with Crippen molar-refractivity contribution in [1.29, 1.82) is 0 Å². The molecule has 106 valence electrons. The molecule has 0 atom stereocenters. The van der Waals surface area contributed by atoms with E-state index in [1.165, 1.54) is 19.3 Å². The molecule has 0 aromatic carbocycles. The number of carbonyl (C=O) groups is 1. The van der Waals surface area contributed by atoms with Gasteiger partial charge in [-0.1, -0.05) is 30.6 Å². The van der Waals surface area contributed by atoms with Gasteiger partial charge in [0.05, 0.1) is 0 Å². The van der Waals surface area contributed by atoms with Gasteiger partial charge < -0.3 is 10.2 Å². The minimum Gasteiger partial charge on any atom is -0.348 e. The van der Waals surface area contributed by atoms with Gasteiger partial charge in [-0.05, 0) is 38.5 Å². The van der Waals surface area contributed by atoms with Crippen molar-refractivity contribution in [2.45, 2.75) is 37.6 Å². The monoisotopic (exact) mass is 302 g/mol. The normalized spacial score (nSPS) is 18.5. The molecule has 7 heteroatoms. The molecule has 1 aromatic heterocycles. The van der Waals surface area contributed by atoms with Crippen molar-refractivity contribution < 1.29 is 4.79 Å². The van der Waals surface area contributed by atoms with E-state index in [0.29, 0.717) is 16.0 Å². The van der Waals surface area contributed by atoms with Crippen molar-refractivity contribution in [3.8, 4) is 0 Å². The summed E-state index contributed by atoms with van der Waals surface area (Å²) in [5.74, 6) is -0.184. The number of halogens is 1. The molecular formula is C12H19ClN4OS. The lowest BCUT2D eigenvalue weighted by Crippen LogP contribution is -2.53. The minimum absolute atomic E-state index is 0.0718. The number of aromatic nitrogens is 2. The van der Waals surface area contributed by atoms with Crippen molar-refractivity contribution in [3.63, 3.8) is 0 Å². The molecule has 0 radical (unpaired) electrons. The van der Waals surface area contributed by atoms with Gasteiger partial charge in [-0.2, -0.15) is 0 Å². The summed E-state index contributed by atoms with van der Waals surface area (Å²) in [5.41, 5.74) is 0.0718. The number of hydrogen-bond acceptors (Lipinski definition) is 5. The predicted molar refractivity (Wildman–Crippen MR) is 76.8 cm³/mol. The van der Waals surface area contributed by atoms with Crippen molar-refractivity contribution >= 4 is 28.8 Å². The number of rotatable bonds is 4. The van der Waals surface area contributed by atoms with E-state index in [1.807, 2.05) is 0 Å². The molecule has 1 heterocycles. The third kappa shape index (κ3) is 3.43. The van der Waals surface area contributed by atoms with Gasteiger partial charge in [0.15, 0.2) is 0 Å². The van der Waals surface area contributed by atoms with E-state index in [9.17, 15) is 4.79 Å². The molecule has 0 saturated heterocycles. The van der Waals surface area contributed by atoms with E-state index >= 15 is 0 Å². The second kappa shape index (κ2) is 6.15. The van der Waals surface area contributed by atoms with Gasteiger partial charge in [-0.25, -0.2) is 0 Å². The molecule has 19 heavy (non-hydrogen) atoms. The number of hydrogen-bond donors (Lipinski definition) is 1. The molecule has 1 aromatic rings. The van der Waals surface area contributed by atoms with E-state index in [4.69, 9.17) is 11.6 Å². The Labute approximate surface area is 122 Å². The highest BCUT2D eigenvalue weighted by Crippen LogP contribution is 2.31. The van der Waals surface area contributed by atoms with Gasteiger partial charge in [0.25, 0.3) is 5.91 Å². The molecule has 0 aliphatic heterocycles. The molecule has 1 fully saturated rings. The maximum Gasteiger partial charge on any atom is 0.282 e. The lowest BCUT2D eigenvalue weighted by Gasteiger charge is -2.43. The lowest BCUT2D eigenvalue weighted by atomic mass is 9.80. The van der Waals surface area contributed by atoms with Crippen molar-refractivity contribution in [2.75, 3.05) is 20.6 Å². The maximum absolute atomic E-state index is 12.0. The summed E-state index contributed by atoms with van der Waals surface area (Å²) in [5, 5.41) is 10.7. The summed E-state index contributed by atoms with van der Waals surface area (Å²) in [7, 11) is 4.17. The molecule has 1 saturated carbocycles. The molecule has 1 aliphatic carbocycles. The summed E-state index contributed by atoms with van der Waals surface area (Å²) in [6.45, 7) is 0.649. The van der Waals surface area contributed by atoms with Gasteiger partial charge in [-0.3, -0.25) is 4.79 Å². The zero-order valence-corrected chi connectivity index (χ0v) is 12.9.